The fourth-order valence-electron chi connectivity index (χ4n) is 1.55. The maximum Gasteiger partial charge on any atom is 0.327 e. The molecule has 0 aromatic carbocycles. The first-order valence-corrected chi connectivity index (χ1v) is 5.15. The van der Waals surface area contributed by atoms with Crippen molar-refractivity contribution in [3.63, 3.8) is 0 Å². The fraction of sp³-hybridized carbons (Fsp3) is 0.545. The van der Waals surface area contributed by atoms with Gasteiger partial charge in [0.2, 0.25) is 0 Å². The van der Waals surface area contributed by atoms with Crippen LogP contribution in [0, 0.1) is 25.2 Å². The summed E-state index contributed by atoms with van der Waals surface area (Å²) in [6.07, 6.45) is 0.320. The molecular formula is C11H15N3O2. The standard InChI is InChI=1S/C11H15N3O2/c1-4-16-11(15)7-14-9(3)10(5-6-12)8(2)13-14/h4-5,7H2,1-3H3. The van der Waals surface area contributed by atoms with Crippen LogP contribution in [0.3, 0.4) is 0 Å². The smallest absolute Gasteiger partial charge is 0.327 e. The molecule has 0 N–H and O–H groups in total. The summed E-state index contributed by atoms with van der Waals surface area (Å²) >= 11 is 0. The lowest BCUT2D eigenvalue weighted by atomic mass is 10.1. The second-order valence-electron chi connectivity index (χ2n) is 3.45. The van der Waals surface area contributed by atoms with Crippen molar-refractivity contribution in [2.45, 2.75) is 33.7 Å². The number of aryl methyl sites for hydroxylation is 1. The molecule has 0 saturated heterocycles. The van der Waals surface area contributed by atoms with Crippen LogP contribution in [0.25, 0.3) is 0 Å². The van der Waals surface area contributed by atoms with Gasteiger partial charge >= 0.3 is 5.97 Å². The van der Waals surface area contributed by atoms with Crippen molar-refractivity contribution in [3.8, 4) is 6.07 Å². The van der Waals surface area contributed by atoms with Crippen LogP contribution in [0.4, 0.5) is 0 Å². The first-order valence-electron chi connectivity index (χ1n) is 5.15. The molecule has 0 atom stereocenters. The van der Waals surface area contributed by atoms with Gasteiger partial charge in [-0.25, -0.2) is 0 Å². The molecule has 16 heavy (non-hydrogen) atoms. The quantitative estimate of drug-likeness (QED) is 0.715. The number of hydrogen-bond acceptors (Lipinski definition) is 4. The van der Waals surface area contributed by atoms with Gasteiger partial charge in [0.05, 0.1) is 24.8 Å². The van der Waals surface area contributed by atoms with Gasteiger partial charge in [0.15, 0.2) is 0 Å². The van der Waals surface area contributed by atoms with Gasteiger partial charge in [-0.2, -0.15) is 10.4 Å². The minimum absolute atomic E-state index is 0.103. The van der Waals surface area contributed by atoms with Gasteiger partial charge in [-0.15, -0.1) is 0 Å². The van der Waals surface area contributed by atoms with Gasteiger partial charge in [0.1, 0.15) is 6.54 Å². The van der Waals surface area contributed by atoms with E-state index in [9.17, 15) is 4.79 Å². The second-order valence-corrected chi connectivity index (χ2v) is 3.45. The maximum atomic E-state index is 11.3. The Labute approximate surface area is 94.6 Å². The van der Waals surface area contributed by atoms with Crippen molar-refractivity contribution in [1.29, 1.82) is 5.26 Å². The Morgan fingerprint density at radius 1 is 1.56 bits per heavy atom. The minimum Gasteiger partial charge on any atom is -0.465 e. The van der Waals surface area contributed by atoms with Gasteiger partial charge < -0.3 is 4.74 Å². The van der Waals surface area contributed by atoms with E-state index in [4.69, 9.17) is 10.00 Å². The SMILES string of the molecule is CCOC(=O)Cn1nc(C)c(CC#N)c1C. The number of esters is 1. The van der Waals surface area contributed by atoms with Crippen molar-refractivity contribution in [1.82, 2.24) is 9.78 Å². The highest BCUT2D eigenvalue weighted by Gasteiger charge is 2.13. The predicted octanol–water partition coefficient (Wildman–Crippen LogP) is 1.13. The Bertz CT molecular complexity index is 429. The molecule has 86 valence electrons. The van der Waals surface area contributed by atoms with E-state index in [1.807, 2.05) is 13.8 Å². The molecular weight excluding hydrogens is 206 g/mol. The van der Waals surface area contributed by atoms with Gasteiger partial charge in [-0.3, -0.25) is 9.48 Å². The van der Waals surface area contributed by atoms with E-state index in [1.54, 1.807) is 11.6 Å². The normalized spacial score (nSPS) is 9.88. The maximum absolute atomic E-state index is 11.3. The van der Waals surface area contributed by atoms with Crippen molar-refractivity contribution >= 4 is 5.97 Å². The Kier molecular flexibility index (Phi) is 4.06. The summed E-state index contributed by atoms with van der Waals surface area (Å²) in [4.78, 5) is 11.3. The summed E-state index contributed by atoms with van der Waals surface area (Å²) in [5.74, 6) is -0.309. The number of carbonyl (C=O) groups excluding carboxylic acids is 1. The zero-order valence-corrected chi connectivity index (χ0v) is 9.78. The summed E-state index contributed by atoms with van der Waals surface area (Å²) in [6.45, 7) is 5.92. The highest BCUT2D eigenvalue weighted by Crippen LogP contribution is 2.13. The monoisotopic (exact) mass is 221 g/mol. The van der Waals surface area contributed by atoms with Crippen molar-refractivity contribution in [3.05, 3.63) is 17.0 Å². The van der Waals surface area contributed by atoms with E-state index < -0.39 is 0 Å². The Morgan fingerprint density at radius 2 is 2.25 bits per heavy atom. The molecule has 0 fully saturated rings. The third-order valence-corrected chi connectivity index (χ3v) is 2.37. The van der Waals surface area contributed by atoms with E-state index in [-0.39, 0.29) is 12.5 Å². The van der Waals surface area contributed by atoms with E-state index in [1.165, 1.54) is 0 Å². The third kappa shape index (κ3) is 2.60. The largest absolute Gasteiger partial charge is 0.465 e. The molecule has 1 aromatic heterocycles. The van der Waals surface area contributed by atoms with Crippen LogP contribution in [0.15, 0.2) is 0 Å². The second kappa shape index (κ2) is 5.31. The van der Waals surface area contributed by atoms with Crippen LogP contribution in [-0.4, -0.2) is 22.4 Å². The molecule has 1 heterocycles. The Morgan fingerprint density at radius 3 is 2.81 bits per heavy atom. The first-order chi connectivity index (χ1) is 7.60. The van der Waals surface area contributed by atoms with Gasteiger partial charge in [-0.1, -0.05) is 0 Å². The molecule has 0 radical (unpaired) electrons. The summed E-state index contributed by atoms with van der Waals surface area (Å²) in [5, 5.41) is 12.9. The lowest BCUT2D eigenvalue weighted by Crippen LogP contribution is -2.15. The predicted molar refractivity (Wildman–Crippen MR) is 57.7 cm³/mol. The number of nitrogens with zero attached hydrogens (tertiary/aromatic N) is 3. The lowest BCUT2D eigenvalue weighted by Gasteiger charge is -2.04. The average molecular weight is 221 g/mol. The third-order valence-electron chi connectivity index (χ3n) is 2.37. The summed E-state index contributed by atoms with van der Waals surface area (Å²) < 4.78 is 6.43. The Balaban J connectivity index is 2.87. The zero-order valence-electron chi connectivity index (χ0n) is 9.78. The van der Waals surface area contributed by atoms with E-state index >= 15 is 0 Å². The molecule has 5 heteroatoms. The van der Waals surface area contributed by atoms with Crippen LogP contribution in [0.5, 0.6) is 0 Å². The molecule has 0 bridgehead atoms. The van der Waals surface area contributed by atoms with Crippen molar-refractivity contribution < 1.29 is 9.53 Å². The Hall–Kier alpha value is -1.83. The van der Waals surface area contributed by atoms with Crippen LogP contribution in [0.1, 0.15) is 23.9 Å². The highest BCUT2D eigenvalue weighted by atomic mass is 16.5. The molecule has 0 unspecified atom stereocenters. The number of aromatic nitrogens is 2. The highest BCUT2D eigenvalue weighted by molar-refractivity contribution is 5.69. The zero-order chi connectivity index (χ0) is 12.1. The van der Waals surface area contributed by atoms with E-state index in [0.29, 0.717) is 13.0 Å². The molecule has 1 rings (SSSR count). The number of ether oxygens (including phenoxy) is 1. The lowest BCUT2D eigenvalue weighted by molar-refractivity contribution is -0.144. The van der Waals surface area contributed by atoms with Crippen molar-refractivity contribution in [2.75, 3.05) is 6.61 Å². The summed E-state index contributed by atoms with van der Waals surface area (Å²) in [5.41, 5.74) is 2.54. The van der Waals surface area contributed by atoms with Crippen LogP contribution >= 0.6 is 0 Å². The molecule has 0 saturated carbocycles. The molecule has 0 aliphatic heterocycles. The van der Waals surface area contributed by atoms with Crippen LogP contribution in [0.2, 0.25) is 0 Å². The summed E-state index contributed by atoms with van der Waals surface area (Å²) in [6, 6.07) is 2.09. The molecule has 5 nitrogen and oxygen atoms in total. The number of carbonyl (C=O) groups is 1. The van der Waals surface area contributed by atoms with Crippen molar-refractivity contribution in [2.24, 2.45) is 0 Å². The molecule has 0 aliphatic rings. The number of rotatable bonds is 4. The molecule has 0 amide bonds. The number of hydrogen-bond donors (Lipinski definition) is 0. The first kappa shape index (κ1) is 12.2. The van der Waals surface area contributed by atoms with Crippen LogP contribution < -0.4 is 0 Å². The van der Waals surface area contributed by atoms with Gasteiger partial charge in [-0.05, 0) is 20.8 Å². The fourth-order valence-corrected chi connectivity index (χ4v) is 1.55. The van der Waals surface area contributed by atoms with Gasteiger partial charge in [0.25, 0.3) is 0 Å². The van der Waals surface area contributed by atoms with Gasteiger partial charge in [0, 0.05) is 11.3 Å². The average Bonchev–Trinajstić information content (AvgIpc) is 2.47. The summed E-state index contributed by atoms with van der Waals surface area (Å²) in [7, 11) is 0. The molecule has 0 spiro atoms. The molecule has 1 aromatic rings. The molecule has 0 aliphatic carbocycles. The van der Waals surface area contributed by atoms with E-state index in [2.05, 4.69) is 11.2 Å². The van der Waals surface area contributed by atoms with E-state index in [0.717, 1.165) is 17.0 Å². The topological polar surface area (TPSA) is 67.9 Å². The van der Waals surface area contributed by atoms with Crippen LogP contribution in [-0.2, 0) is 22.5 Å². The number of nitriles is 1. The minimum atomic E-state index is -0.309.